The number of hydrogen-bond acceptors (Lipinski definition) is 6. The van der Waals surface area contributed by atoms with Gasteiger partial charge in [0.2, 0.25) is 11.8 Å². The van der Waals surface area contributed by atoms with E-state index in [2.05, 4.69) is 5.43 Å². The molecule has 0 aromatic heterocycles. The second-order valence-corrected chi connectivity index (χ2v) is 15.4. The Morgan fingerprint density at radius 2 is 1.54 bits per heavy atom. The second-order valence-electron chi connectivity index (χ2n) is 14.9. The van der Waals surface area contributed by atoms with E-state index < -0.39 is 52.6 Å². The SMILES string of the molecule is O=C1[C@@H]2C[C@@H]3C(=CC[C@@H]4C(=O)N(C5CCCCC5)C(=O)[C@@H]43)[C@H](c3ccc4ccccc4c3O)[C@]2(c2ccc(Cl)cc2)C(=O)N1Nc1ccc(F)cc1. The summed E-state index contributed by atoms with van der Waals surface area (Å²) in [5, 5.41) is 15.0. The number of allylic oxidation sites excluding steroid dienone is 2. The van der Waals surface area contributed by atoms with Crippen LogP contribution >= 0.6 is 11.6 Å². The van der Waals surface area contributed by atoms with Crippen LogP contribution < -0.4 is 5.43 Å². The quantitative estimate of drug-likeness (QED) is 0.162. The Morgan fingerprint density at radius 1 is 0.808 bits per heavy atom. The van der Waals surface area contributed by atoms with Crippen molar-refractivity contribution in [2.24, 2.45) is 23.7 Å². The van der Waals surface area contributed by atoms with Crippen LogP contribution in [0.3, 0.4) is 0 Å². The Bertz CT molecular complexity index is 2180. The molecule has 4 fully saturated rings. The van der Waals surface area contributed by atoms with Crippen molar-refractivity contribution in [3.05, 3.63) is 119 Å². The molecule has 2 saturated carbocycles. The van der Waals surface area contributed by atoms with Crippen LogP contribution in [0.5, 0.6) is 5.75 Å². The summed E-state index contributed by atoms with van der Waals surface area (Å²) in [6.07, 6.45) is 7.04. The number of anilines is 1. The number of phenols is 1. The van der Waals surface area contributed by atoms with Crippen molar-refractivity contribution in [3.63, 3.8) is 0 Å². The van der Waals surface area contributed by atoms with Gasteiger partial charge in [-0.15, -0.1) is 0 Å². The summed E-state index contributed by atoms with van der Waals surface area (Å²) >= 11 is 6.40. The molecule has 52 heavy (non-hydrogen) atoms. The Kier molecular flexibility index (Phi) is 7.77. The molecule has 264 valence electrons. The van der Waals surface area contributed by atoms with Crippen LogP contribution in [0.1, 0.15) is 62.0 Å². The van der Waals surface area contributed by atoms with Crippen molar-refractivity contribution in [1.29, 1.82) is 0 Å². The molecule has 2 saturated heterocycles. The topological polar surface area (TPSA) is 107 Å². The molecule has 2 N–H and O–H groups in total. The van der Waals surface area contributed by atoms with E-state index in [0.29, 0.717) is 33.6 Å². The van der Waals surface area contributed by atoms with E-state index in [1.165, 1.54) is 29.2 Å². The van der Waals surface area contributed by atoms with E-state index in [1.807, 2.05) is 42.5 Å². The van der Waals surface area contributed by atoms with Gasteiger partial charge in [0.1, 0.15) is 11.6 Å². The van der Waals surface area contributed by atoms with Gasteiger partial charge in [0.15, 0.2) is 0 Å². The van der Waals surface area contributed by atoms with E-state index in [0.717, 1.165) is 48.1 Å². The third kappa shape index (κ3) is 4.71. The summed E-state index contributed by atoms with van der Waals surface area (Å²) in [7, 11) is 0. The van der Waals surface area contributed by atoms with Crippen molar-refractivity contribution >= 4 is 51.7 Å². The third-order valence-electron chi connectivity index (χ3n) is 12.5. The van der Waals surface area contributed by atoms with Gasteiger partial charge in [-0.05, 0) is 78.9 Å². The second kappa shape index (κ2) is 12.3. The summed E-state index contributed by atoms with van der Waals surface area (Å²) in [5.74, 6) is -5.52. The highest BCUT2D eigenvalue weighted by atomic mass is 35.5. The maximum atomic E-state index is 15.4. The van der Waals surface area contributed by atoms with Gasteiger partial charge in [-0.2, -0.15) is 5.01 Å². The Morgan fingerprint density at radius 3 is 2.29 bits per heavy atom. The smallest absolute Gasteiger partial charge is 0.260 e. The number of halogens is 2. The van der Waals surface area contributed by atoms with E-state index in [1.54, 1.807) is 24.3 Å². The molecular weight excluding hydrogens is 681 g/mol. The molecule has 4 aromatic rings. The number of carbonyl (C=O) groups is 4. The van der Waals surface area contributed by atoms with E-state index in [9.17, 15) is 23.9 Å². The molecule has 9 rings (SSSR count). The minimum atomic E-state index is -1.57. The first-order valence-corrected chi connectivity index (χ1v) is 18.5. The molecule has 3 aliphatic carbocycles. The number of benzene rings is 4. The fourth-order valence-electron chi connectivity index (χ4n) is 10.2. The number of aromatic hydroxyl groups is 1. The minimum Gasteiger partial charge on any atom is -0.507 e. The molecule has 0 radical (unpaired) electrons. The first-order valence-electron chi connectivity index (χ1n) is 18.1. The van der Waals surface area contributed by atoms with E-state index in [4.69, 9.17) is 11.6 Å². The normalized spacial score (nSPS) is 28.9. The van der Waals surface area contributed by atoms with E-state index >= 15 is 4.79 Å². The van der Waals surface area contributed by atoms with Gasteiger partial charge in [-0.3, -0.25) is 29.5 Å². The van der Waals surface area contributed by atoms with Gasteiger partial charge in [0.05, 0.1) is 28.9 Å². The predicted molar refractivity (Wildman–Crippen MR) is 193 cm³/mol. The lowest BCUT2D eigenvalue weighted by molar-refractivity contribution is -0.144. The zero-order valence-corrected chi connectivity index (χ0v) is 29.1. The molecule has 0 bridgehead atoms. The van der Waals surface area contributed by atoms with Crippen LogP contribution in [0.4, 0.5) is 10.1 Å². The van der Waals surface area contributed by atoms with Crippen molar-refractivity contribution in [3.8, 4) is 5.75 Å². The number of fused-ring (bicyclic) bond motifs is 5. The summed E-state index contributed by atoms with van der Waals surface area (Å²) < 4.78 is 13.9. The van der Waals surface area contributed by atoms with Crippen LogP contribution in [0.2, 0.25) is 5.02 Å². The van der Waals surface area contributed by atoms with Crippen LogP contribution in [0.25, 0.3) is 10.8 Å². The Labute approximate surface area is 305 Å². The predicted octanol–water partition coefficient (Wildman–Crippen LogP) is 7.66. The summed E-state index contributed by atoms with van der Waals surface area (Å²) in [5.41, 5.74) is 3.51. The number of hydrazine groups is 1. The lowest BCUT2D eigenvalue weighted by Gasteiger charge is -2.50. The number of likely N-dealkylation sites (tertiary alicyclic amines) is 1. The number of nitrogens with one attached hydrogen (secondary N) is 1. The number of nitrogens with zero attached hydrogens (tertiary/aromatic N) is 2. The van der Waals surface area contributed by atoms with Gasteiger partial charge in [-0.25, -0.2) is 4.39 Å². The average Bonchev–Trinajstić information content (AvgIpc) is 3.54. The van der Waals surface area contributed by atoms with Gasteiger partial charge in [-0.1, -0.05) is 91.0 Å². The molecule has 0 unspecified atom stereocenters. The summed E-state index contributed by atoms with van der Waals surface area (Å²) in [6, 6.07) is 23.3. The Balaban J connectivity index is 1.26. The molecular formula is C42H37ClFN3O5. The van der Waals surface area contributed by atoms with Crippen molar-refractivity contribution in [2.45, 2.75) is 62.3 Å². The molecule has 0 spiro atoms. The molecule has 4 aromatic carbocycles. The number of phenolic OH excluding ortho intramolecular Hbond substituents is 1. The molecule has 2 heterocycles. The monoisotopic (exact) mass is 717 g/mol. The molecule has 2 aliphatic heterocycles. The fraction of sp³-hybridized carbons (Fsp3) is 0.333. The number of hydrogen-bond donors (Lipinski definition) is 2. The standard InChI is InChI=1S/C42H37ClFN3O5/c43-25-13-11-24(12-14-25)42-34(39(50)47(41(42)52)45-27-17-15-26(44)16-18-27)22-33-30(36(42)32-19-10-23-6-4-5-9-29(23)37(32)48)20-21-31-35(33)40(51)46(38(31)49)28-7-2-1-3-8-28/h4-6,9-20,28,31,33-36,45,48H,1-3,7-8,21-22H2/t31-,33+,34-,35-,36+,42+/m0/s1. The van der Waals surface area contributed by atoms with Gasteiger partial charge >= 0.3 is 0 Å². The third-order valence-corrected chi connectivity index (χ3v) is 12.7. The first kappa shape index (κ1) is 32.9. The van der Waals surface area contributed by atoms with Crippen LogP contribution in [-0.2, 0) is 24.6 Å². The van der Waals surface area contributed by atoms with Crippen molar-refractivity contribution < 1.29 is 28.7 Å². The molecule has 6 atom stereocenters. The van der Waals surface area contributed by atoms with Crippen molar-refractivity contribution in [1.82, 2.24) is 9.91 Å². The number of rotatable bonds is 5. The number of amides is 4. The maximum absolute atomic E-state index is 15.4. The zero-order valence-electron chi connectivity index (χ0n) is 28.3. The lowest BCUT2D eigenvalue weighted by Crippen LogP contribution is -2.53. The summed E-state index contributed by atoms with van der Waals surface area (Å²) in [4.78, 5) is 60.4. The summed E-state index contributed by atoms with van der Waals surface area (Å²) in [6.45, 7) is 0. The zero-order chi connectivity index (χ0) is 35.9. The minimum absolute atomic E-state index is 0.0123. The highest BCUT2D eigenvalue weighted by Gasteiger charge is 2.70. The molecule has 4 amide bonds. The van der Waals surface area contributed by atoms with Crippen LogP contribution in [-0.4, -0.2) is 44.7 Å². The molecule has 10 heteroatoms. The average molecular weight is 718 g/mol. The van der Waals surface area contributed by atoms with Gasteiger partial charge < -0.3 is 5.11 Å². The van der Waals surface area contributed by atoms with E-state index in [-0.39, 0.29) is 30.0 Å². The molecule has 5 aliphatic rings. The van der Waals surface area contributed by atoms with Gasteiger partial charge in [0, 0.05) is 27.9 Å². The maximum Gasteiger partial charge on any atom is 0.260 e. The van der Waals surface area contributed by atoms with Crippen LogP contribution in [0.15, 0.2) is 96.6 Å². The first-order chi connectivity index (χ1) is 25.2. The molecule has 8 nitrogen and oxygen atoms in total. The largest absolute Gasteiger partial charge is 0.507 e. The van der Waals surface area contributed by atoms with Crippen LogP contribution in [0, 0.1) is 29.5 Å². The number of imide groups is 2. The van der Waals surface area contributed by atoms with Crippen molar-refractivity contribution in [2.75, 3.05) is 5.43 Å². The highest BCUT2D eigenvalue weighted by Crippen LogP contribution is 2.65. The lowest BCUT2D eigenvalue weighted by atomic mass is 9.49. The van der Waals surface area contributed by atoms with Gasteiger partial charge in [0.25, 0.3) is 11.8 Å². The number of carbonyl (C=O) groups excluding carboxylic acids is 4. The highest BCUT2D eigenvalue weighted by molar-refractivity contribution is 6.30. The fourth-order valence-corrected chi connectivity index (χ4v) is 10.4. The Hall–Kier alpha value is -5.02.